The molecule has 0 N–H and O–H groups in total. The highest BCUT2D eigenvalue weighted by atomic mass is 19.4. The van der Waals surface area contributed by atoms with Gasteiger partial charge in [-0.3, -0.25) is 0 Å². The Morgan fingerprint density at radius 1 is 0.867 bits per heavy atom. The Morgan fingerprint density at radius 2 is 1.43 bits per heavy atom. The van der Waals surface area contributed by atoms with Gasteiger partial charge < -0.3 is 4.74 Å². The maximum absolute atomic E-state index is 14.6. The third-order valence-corrected chi connectivity index (χ3v) is 5.53. The number of alkyl halides is 3. The van der Waals surface area contributed by atoms with Gasteiger partial charge in [0.15, 0.2) is 6.10 Å². The van der Waals surface area contributed by atoms with Crippen molar-refractivity contribution in [3.63, 3.8) is 0 Å². The molecule has 0 aliphatic carbocycles. The molecule has 0 radical (unpaired) electrons. The lowest BCUT2D eigenvalue weighted by Crippen LogP contribution is -2.37. The molecular weight excluding hydrogens is 392 g/mol. The predicted molar refractivity (Wildman–Crippen MR) is 110 cm³/mol. The number of fused-ring (bicyclic) bond motifs is 1. The monoisotopic (exact) mass is 414 g/mol. The number of benzene rings is 3. The first-order chi connectivity index (χ1) is 14.3. The minimum Gasteiger partial charge on any atom is -0.364 e. The summed E-state index contributed by atoms with van der Waals surface area (Å²) in [5, 5.41) is 0. The normalized spacial score (nSPS) is 16.4. The van der Waals surface area contributed by atoms with E-state index in [-0.39, 0.29) is 12.2 Å². The van der Waals surface area contributed by atoms with Crippen molar-refractivity contribution in [1.29, 1.82) is 0 Å². The van der Waals surface area contributed by atoms with Crippen molar-refractivity contribution < 1.29 is 22.3 Å². The highest BCUT2D eigenvalue weighted by Crippen LogP contribution is 2.35. The Balaban J connectivity index is 1.57. The van der Waals surface area contributed by atoms with Gasteiger partial charge in [0.1, 0.15) is 5.82 Å². The molecule has 0 saturated carbocycles. The van der Waals surface area contributed by atoms with Gasteiger partial charge in [-0.15, -0.1) is 0 Å². The van der Waals surface area contributed by atoms with Crippen LogP contribution in [-0.2, 0) is 24.2 Å². The van der Waals surface area contributed by atoms with Gasteiger partial charge in [-0.05, 0) is 57.5 Å². The summed E-state index contributed by atoms with van der Waals surface area (Å²) >= 11 is 0. The molecule has 1 nitrogen and oxygen atoms in total. The number of ether oxygens (including phenoxy) is 1. The Kier molecular flexibility index (Phi) is 5.65. The van der Waals surface area contributed by atoms with E-state index in [1.165, 1.54) is 11.6 Å². The van der Waals surface area contributed by atoms with E-state index in [1.54, 1.807) is 6.07 Å². The van der Waals surface area contributed by atoms with Crippen LogP contribution in [0.3, 0.4) is 0 Å². The number of hydrogen-bond donors (Lipinski definition) is 0. The van der Waals surface area contributed by atoms with Crippen LogP contribution in [0.2, 0.25) is 0 Å². The second-order valence-corrected chi connectivity index (χ2v) is 7.67. The van der Waals surface area contributed by atoms with Crippen LogP contribution in [-0.4, -0.2) is 12.3 Å². The standard InChI is InChI=1S/C25H22F4O/c1-2-3-16-4-6-17(7-5-16)18-8-10-19(11-9-18)20-12-21-15-30-24(25(27,28)29)14-22(21)23(26)13-20/h4-13,24H,2-3,14-15H2,1H3. The van der Waals surface area contributed by atoms with Crippen molar-refractivity contribution in [3.05, 3.63) is 83.2 Å². The third-order valence-electron chi connectivity index (χ3n) is 5.53. The zero-order valence-electron chi connectivity index (χ0n) is 16.6. The molecule has 0 spiro atoms. The quantitative estimate of drug-likeness (QED) is 0.413. The summed E-state index contributed by atoms with van der Waals surface area (Å²) in [7, 11) is 0. The van der Waals surface area contributed by atoms with E-state index in [1.807, 2.05) is 24.3 Å². The predicted octanol–water partition coefficient (Wildman–Crippen LogP) is 7.12. The Morgan fingerprint density at radius 3 is 2.00 bits per heavy atom. The van der Waals surface area contributed by atoms with Gasteiger partial charge in [0.2, 0.25) is 0 Å². The number of hydrogen-bond acceptors (Lipinski definition) is 1. The third kappa shape index (κ3) is 4.26. The fourth-order valence-corrected chi connectivity index (χ4v) is 3.87. The van der Waals surface area contributed by atoms with Crippen LogP contribution in [0.25, 0.3) is 22.3 Å². The summed E-state index contributed by atoms with van der Waals surface area (Å²) in [5.41, 5.74) is 5.46. The molecule has 0 aromatic heterocycles. The first-order valence-electron chi connectivity index (χ1n) is 10.0. The lowest BCUT2D eigenvalue weighted by Gasteiger charge is -2.27. The van der Waals surface area contributed by atoms with Gasteiger partial charge >= 0.3 is 6.18 Å². The maximum atomic E-state index is 14.6. The second kappa shape index (κ2) is 8.23. The first-order valence-corrected chi connectivity index (χ1v) is 10.0. The average molecular weight is 414 g/mol. The summed E-state index contributed by atoms with van der Waals surface area (Å²) in [6, 6.07) is 19.2. The van der Waals surface area contributed by atoms with E-state index in [0.717, 1.165) is 29.5 Å². The molecule has 4 rings (SSSR count). The van der Waals surface area contributed by atoms with E-state index >= 15 is 0 Å². The molecule has 0 amide bonds. The smallest absolute Gasteiger partial charge is 0.364 e. The molecule has 1 aliphatic rings. The topological polar surface area (TPSA) is 9.23 Å². The number of aryl methyl sites for hydroxylation is 1. The van der Waals surface area contributed by atoms with Crippen molar-refractivity contribution in [1.82, 2.24) is 0 Å². The van der Waals surface area contributed by atoms with Gasteiger partial charge in [0, 0.05) is 6.42 Å². The Bertz CT molecular complexity index is 1020. The summed E-state index contributed by atoms with van der Waals surface area (Å²) in [6.07, 6.45) is -4.77. The van der Waals surface area contributed by atoms with Crippen LogP contribution >= 0.6 is 0 Å². The first kappa shape index (κ1) is 20.6. The molecule has 3 aromatic carbocycles. The summed E-state index contributed by atoms with van der Waals surface area (Å²) < 4.78 is 58.2. The summed E-state index contributed by atoms with van der Waals surface area (Å²) in [6.45, 7) is 1.91. The Hall–Kier alpha value is -2.66. The molecule has 30 heavy (non-hydrogen) atoms. The van der Waals surface area contributed by atoms with Crippen LogP contribution in [0.4, 0.5) is 17.6 Å². The molecule has 5 heteroatoms. The maximum Gasteiger partial charge on any atom is 0.414 e. The van der Waals surface area contributed by atoms with Crippen molar-refractivity contribution in [2.75, 3.05) is 0 Å². The van der Waals surface area contributed by atoms with Crippen LogP contribution in [0.15, 0.2) is 60.7 Å². The SMILES string of the molecule is CCCc1ccc(-c2ccc(-c3cc(F)c4c(c3)COC(C(F)(F)F)C4)cc2)cc1. The minimum absolute atomic E-state index is 0.0936. The van der Waals surface area contributed by atoms with Gasteiger partial charge in [-0.25, -0.2) is 4.39 Å². The highest BCUT2D eigenvalue weighted by molar-refractivity contribution is 5.71. The highest BCUT2D eigenvalue weighted by Gasteiger charge is 2.43. The molecule has 156 valence electrons. The molecule has 1 aliphatic heterocycles. The number of halogens is 4. The Labute approximate surface area is 173 Å². The molecule has 0 fully saturated rings. The zero-order chi connectivity index (χ0) is 21.3. The van der Waals surface area contributed by atoms with Crippen molar-refractivity contribution >= 4 is 0 Å². The lowest BCUT2D eigenvalue weighted by atomic mass is 9.93. The summed E-state index contributed by atoms with van der Waals surface area (Å²) in [5.74, 6) is -0.615. The van der Waals surface area contributed by atoms with E-state index in [2.05, 4.69) is 31.2 Å². The molecular formula is C25H22F4O. The molecule has 1 unspecified atom stereocenters. The molecule has 3 aromatic rings. The average Bonchev–Trinajstić information content (AvgIpc) is 2.74. The van der Waals surface area contributed by atoms with Crippen LogP contribution in [0.5, 0.6) is 0 Å². The van der Waals surface area contributed by atoms with Gasteiger partial charge in [-0.1, -0.05) is 61.9 Å². The van der Waals surface area contributed by atoms with E-state index in [4.69, 9.17) is 4.74 Å². The second-order valence-electron chi connectivity index (χ2n) is 7.67. The van der Waals surface area contributed by atoms with Gasteiger partial charge in [0.25, 0.3) is 0 Å². The van der Waals surface area contributed by atoms with E-state index in [9.17, 15) is 17.6 Å². The van der Waals surface area contributed by atoms with Gasteiger partial charge in [0.05, 0.1) is 6.61 Å². The van der Waals surface area contributed by atoms with E-state index < -0.39 is 24.5 Å². The number of rotatable bonds is 4. The fraction of sp³-hybridized carbons (Fsp3) is 0.280. The van der Waals surface area contributed by atoms with Crippen molar-refractivity contribution in [3.8, 4) is 22.3 Å². The molecule has 1 atom stereocenters. The lowest BCUT2D eigenvalue weighted by molar-refractivity contribution is -0.226. The minimum atomic E-state index is -4.49. The van der Waals surface area contributed by atoms with Crippen molar-refractivity contribution in [2.24, 2.45) is 0 Å². The summed E-state index contributed by atoms with van der Waals surface area (Å²) in [4.78, 5) is 0. The van der Waals surface area contributed by atoms with Crippen LogP contribution < -0.4 is 0 Å². The zero-order valence-corrected chi connectivity index (χ0v) is 16.6. The van der Waals surface area contributed by atoms with Gasteiger partial charge in [-0.2, -0.15) is 13.2 Å². The fourth-order valence-electron chi connectivity index (χ4n) is 3.87. The molecule has 0 bridgehead atoms. The van der Waals surface area contributed by atoms with Crippen LogP contribution in [0, 0.1) is 5.82 Å². The molecule has 0 saturated heterocycles. The van der Waals surface area contributed by atoms with Crippen LogP contribution in [0.1, 0.15) is 30.0 Å². The van der Waals surface area contributed by atoms with E-state index in [0.29, 0.717) is 11.1 Å². The van der Waals surface area contributed by atoms with Crippen molar-refractivity contribution in [2.45, 2.75) is 45.1 Å². The largest absolute Gasteiger partial charge is 0.414 e. The molecule has 1 heterocycles.